The van der Waals surface area contributed by atoms with Crippen LogP contribution >= 0.6 is 0 Å². The minimum absolute atomic E-state index is 0.00674. The van der Waals surface area contributed by atoms with Crippen LogP contribution in [0, 0.1) is 35.1 Å². The second-order valence-corrected chi connectivity index (χ2v) is 6.23. The van der Waals surface area contributed by atoms with Crippen LogP contribution in [-0.2, 0) is 0 Å². The highest BCUT2D eigenvalue weighted by molar-refractivity contribution is 5.65. The Morgan fingerprint density at radius 3 is 1.91 bits per heavy atom. The standard InChI is InChI=1S/C19H17F4/c1-11-2-4-12(5-3-11)13-6-7-15(16(20)8-13)14-9-17(21)19(23)18(22)10-14/h6-11H,2-5H2,1H3. The molecule has 121 valence electrons. The summed E-state index contributed by atoms with van der Waals surface area (Å²) < 4.78 is 54.0. The molecule has 1 saturated carbocycles. The van der Waals surface area contributed by atoms with Crippen LogP contribution in [0.15, 0.2) is 30.3 Å². The Bertz CT molecular complexity index is 692. The van der Waals surface area contributed by atoms with E-state index < -0.39 is 23.3 Å². The molecular weight excluding hydrogens is 304 g/mol. The Balaban J connectivity index is 1.91. The highest BCUT2D eigenvalue weighted by atomic mass is 19.2. The van der Waals surface area contributed by atoms with Crippen molar-refractivity contribution in [2.75, 3.05) is 0 Å². The van der Waals surface area contributed by atoms with Crippen molar-refractivity contribution in [3.63, 3.8) is 0 Å². The van der Waals surface area contributed by atoms with Crippen LogP contribution in [0.3, 0.4) is 0 Å². The minimum Gasteiger partial charge on any atom is -0.206 e. The molecule has 1 radical (unpaired) electrons. The monoisotopic (exact) mass is 321 g/mol. The fourth-order valence-corrected chi connectivity index (χ4v) is 3.08. The maximum Gasteiger partial charge on any atom is 0.194 e. The number of benzene rings is 2. The molecule has 0 amide bonds. The van der Waals surface area contributed by atoms with Crippen molar-refractivity contribution in [2.45, 2.75) is 32.6 Å². The lowest BCUT2D eigenvalue weighted by Gasteiger charge is -2.26. The summed E-state index contributed by atoms with van der Waals surface area (Å²) in [5, 5.41) is 0. The third kappa shape index (κ3) is 3.26. The summed E-state index contributed by atoms with van der Waals surface area (Å²) in [5.41, 5.74) is 0.894. The molecule has 0 heterocycles. The number of hydrogen-bond acceptors (Lipinski definition) is 0. The highest BCUT2D eigenvalue weighted by Gasteiger charge is 2.21. The van der Waals surface area contributed by atoms with Gasteiger partial charge in [0.25, 0.3) is 0 Å². The van der Waals surface area contributed by atoms with Gasteiger partial charge in [0.1, 0.15) is 5.82 Å². The maximum atomic E-state index is 14.4. The van der Waals surface area contributed by atoms with E-state index in [0.29, 0.717) is 5.92 Å². The smallest absolute Gasteiger partial charge is 0.194 e. The van der Waals surface area contributed by atoms with Crippen molar-refractivity contribution in [1.29, 1.82) is 0 Å². The van der Waals surface area contributed by atoms with Crippen LogP contribution in [0.25, 0.3) is 11.1 Å². The summed E-state index contributed by atoms with van der Waals surface area (Å²) in [6.07, 6.45) is 4.07. The van der Waals surface area contributed by atoms with E-state index in [9.17, 15) is 17.6 Å². The molecule has 0 aromatic heterocycles. The van der Waals surface area contributed by atoms with Crippen molar-refractivity contribution in [3.05, 3.63) is 65.1 Å². The topological polar surface area (TPSA) is 0 Å². The predicted octanol–water partition coefficient (Wildman–Crippen LogP) is 6.04. The molecule has 3 rings (SSSR count). The van der Waals surface area contributed by atoms with E-state index in [1.807, 2.05) is 0 Å². The largest absolute Gasteiger partial charge is 0.206 e. The van der Waals surface area contributed by atoms with Gasteiger partial charge in [-0.05, 0) is 60.9 Å². The summed E-state index contributed by atoms with van der Waals surface area (Å²) in [7, 11) is 0. The van der Waals surface area contributed by atoms with Gasteiger partial charge in [0.05, 0.1) is 0 Å². The lowest BCUT2D eigenvalue weighted by Crippen LogP contribution is -2.11. The number of halogens is 4. The van der Waals surface area contributed by atoms with E-state index in [4.69, 9.17) is 0 Å². The second-order valence-electron chi connectivity index (χ2n) is 6.23. The first-order chi connectivity index (χ1) is 11.0. The van der Waals surface area contributed by atoms with Crippen molar-refractivity contribution in [2.24, 2.45) is 5.92 Å². The van der Waals surface area contributed by atoms with Crippen LogP contribution in [0.2, 0.25) is 0 Å². The van der Waals surface area contributed by atoms with E-state index >= 15 is 0 Å². The fourth-order valence-electron chi connectivity index (χ4n) is 3.08. The minimum atomic E-state index is -1.54. The average Bonchev–Trinajstić information content (AvgIpc) is 2.53. The van der Waals surface area contributed by atoms with Gasteiger partial charge < -0.3 is 0 Å². The first kappa shape index (κ1) is 16.0. The first-order valence-corrected chi connectivity index (χ1v) is 7.75. The van der Waals surface area contributed by atoms with Crippen molar-refractivity contribution < 1.29 is 17.6 Å². The summed E-state index contributed by atoms with van der Waals surface area (Å²) in [5.74, 6) is -2.84. The van der Waals surface area contributed by atoms with Crippen molar-refractivity contribution in [3.8, 4) is 11.1 Å². The molecule has 0 aliphatic heterocycles. The molecule has 0 N–H and O–H groups in total. The molecule has 4 heteroatoms. The van der Waals surface area contributed by atoms with E-state index in [1.165, 1.54) is 18.1 Å². The van der Waals surface area contributed by atoms with Gasteiger partial charge in [-0.1, -0.05) is 19.1 Å². The average molecular weight is 321 g/mol. The Hall–Kier alpha value is -1.84. The van der Waals surface area contributed by atoms with Crippen LogP contribution in [-0.4, -0.2) is 0 Å². The predicted molar refractivity (Wildman–Crippen MR) is 81.7 cm³/mol. The van der Waals surface area contributed by atoms with E-state index in [2.05, 4.69) is 6.92 Å². The lowest BCUT2D eigenvalue weighted by molar-refractivity contribution is 0.416. The number of rotatable bonds is 2. The van der Waals surface area contributed by atoms with Gasteiger partial charge in [-0.3, -0.25) is 0 Å². The van der Waals surface area contributed by atoms with Crippen LogP contribution in [0.5, 0.6) is 0 Å². The Kier molecular flexibility index (Phi) is 4.42. The molecular formula is C19H17F4. The second kappa shape index (κ2) is 6.34. The molecule has 0 spiro atoms. The zero-order valence-corrected chi connectivity index (χ0v) is 12.8. The quantitative estimate of drug-likeness (QED) is 0.467. The summed E-state index contributed by atoms with van der Waals surface area (Å²) in [4.78, 5) is 0. The fraction of sp³-hybridized carbons (Fsp3) is 0.316. The Morgan fingerprint density at radius 1 is 0.783 bits per heavy atom. The third-order valence-corrected chi connectivity index (χ3v) is 4.55. The molecule has 0 unspecified atom stereocenters. The third-order valence-electron chi connectivity index (χ3n) is 4.55. The van der Waals surface area contributed by atoms with Crippen LogP contribution in [0.4, 0.5) is 17.6 Å². The molecule has 2 aromatic carbocycles. The van der Waals surface area contributed by atoms with Gasteiger partial charge in [-0.15, -0.1) is 0 Å². The van der Waals surface area contributed by atoms with Crippen molar-refractivity contribution >= 4 is 0 Å². The lowest BCUT2D eigenvalue weighted by atomic mass is 9.79. The zero-order valence-electron chi connectivity index (χ0n) is 12.8. The van der Waals surface area contributed by atoms with Crippen molar-refractivity contribution in [1.82, 2.24) is 0 Å². The maximum absolute atomic E-state index is 14.4. The number of hydrogen-bond donors (Lipinski definition) is 0. The van der Waals surface area contributed by atoms with Gasteiger partial charge in [0.15, 0.2) is 17.5 Å². The van der Waals surface area contributed by atoms with Crippen LogP contribution in [0.1, 0.15) is 38.2 Å². The van der Waals surface area contributed by atoms with Gasteiger partial charge in [0.2, 0.25) is 0 Å². The molecule has 2 aromatic rings. The molecule has 1 fully saturated rings. The normalized spacial score (nSPS) is 16.7. The molecule has 1 aliphatic rings. The van der Waals surface area contributed by atoms with Crippen LogP contribution < -0.4 is 0 Å². The summed E-state index contributed by atoms with van der Waals surface area (Å²) >= 11 is 0. The molecule has 23 heavy (non-hydrogen) atoms. The van der Waals surface area contributed by atoms with Gasteiger partial charge in [-0.2, -0.15) is 0 Å². The Morgan fingerprint density at radius 2 is 1.35 bits per heavy atom. The van der Waals surface area contributed by atoms with Gasteiger partial charge in [-0.25, -0.2) is 17.6 Å². The molecule has 0 bridgehead atoms. The molecule has 0 atom stereocenters. The van der Waals surface area contributed by atoms with Gasteiger partial charge >= 0.3 is 0 Å². The first-order valence-electron chi connectivity index (χ1n) is 7.75. The zero-order chi connectivity index (χ0) is 16.6. The SMILES string of the molecule is CC1CC[C](c2ccc(-c3cc(F)c(F)c(F)c3)c(F)c2)CC1. The summed E-state index contributed by atoms with van der Waals surface area (Å²) in [6.45, 7) is 2.21. The molecule has 0 saturated heterocycles. The highest BCUT2D eigenvalue weighted by Crippen LogP contribution is 2.36. The van der Waals surface area contributed by atoms with E-state index in [1.54, 1.807) is 6.07 Å². The molecule has 1 aliphatic carbocycles. The van der Waals surface area contributed by atoms with Gasteiger partial charge in [0, 0.05) is 11.5 Å². The van der Waals surface area contributed by atoms with E-state index in [-0.39, 0.29) is 11.1 Å². The van der Waals surface area contributed by atoms with E-state index in [0.717, 1.165) is 43.4 Å². The Labute approximate surface area is 133 Å². The molecule has 0 nitrogen and oxygen atoms in total. The summed E-state index contributed by atoms with van der Waals surface area (Å²) in [6, 6.07) is 6.29.